The van der Waals surface area contributed by atoms with Crippen LogP contribution in [0.15, 0.2) is 18.5 Å². The van der Waals surface area contributed by atoms with E-state index in [-0.39, 0.29) is 6.42 Å². The lowest BCUT2D eigenvalue weighted by Crippen LogP contribution is -2.53. The predicted molar refractivity (Wildman–Crippen MR) is 43.3 cm³/mol. The van der Waals surface area contributed by atoms with Gasteiger partial charge in [-0.3, -0.25) is 9.48 Å². The summed E-state index contributed by atoms with van der Waals surface area (Å²) in [6.45, 7) is 0.863. The maximum absolute atomic E-state index is 10.6. The number of carboxylic acid groups (broad SMARTS) is 1. The van der Waals surface area contributed by atoms with Crippen LogP contribution in [0, 0.1) is 0 Å². The van der Waals surface area contributed by atoms with E-state index in [4.69, 9.17) is 9.84 Å². The Morgan fingerprint density at radius 3 is 2.85 bits per heavy atom. The van der Waals surface area contributed by atoms with Crippen LogP contribution in [-0.4, -0.2) is 34.1 Å². The first-order chi connectivity index (χ1) is 6.23. The van der Waals surface area contributed by atoms with Gasteiger partial charge in [-0.05, 0) is 6.07 Å². The van der Waals surface area contributed by atoms with Gasteiger partial charge in [-0.2, -0.15) is 5.10 Å². The number of aliphatic carboxylic acids is 1. The number of hydrogen-bond acceptors (Lipinski definition) is 3. The number of carboxylic acids is 1. The zero-order valence-corrected chi connectivity index (χ0v) is 7.01. The number of ether oxygens (including phenoxy) is 1. The van der Waals surface area contributed by atoms with Crippen LogP contribution in [0.1, 0.15) is 6.42 Å². The summed E-state index contributed by atoms with van der Waals surface area (Å²) in [5.41, 5.74) is -0.449. The first kappa shape index (κ1) is 8.25. The van der Waals surface area contributed by atoms with E-state index in [2.05, 4.69) is 5.10 Å². The third-order valence-electron chi connectivity index (χ3n) is 2.21. The summed E-state index contributed by atoms with van der Waals surface area (Å²) in [6.07, 6.45) is 3.47. The molecule has 0 aliphatic carbocycles. The second-order valence-corrected chi connectivity index (χ2v) is 3.24. The van der Waals surface area contributed by atoms with Crippen molar-refractivity contribution in [1.82, 2.24) is 9.78 Å². The van der Waals surface area contributed by atoms with Crippen LogP contribution in [0.25, 0.3) is 0 Å². The van der Waals surface area contributed by atoms with Gasteiger partial charge >= 0.3 is 5.97 Å². The molecular formula is C8H10N2O3. The Balaban J connectivity index is 2.20. The molecule has 5 heteroatoms. The third kappa shape index (κ3) is 1.31. The SMILES string of the molecule is O=C(O)CC1(n2cccn2)COC1. The van der Waals surface area contributed by atoms with Crippen molar-refractivity contribution in [2.24, 2.45) is 0 Å². The fraction of sp³-hybridized carbons (Fsp3) is 0.500. The van der Waals surface area contributed by atoms with Gasteiger partial charge in [-0.1, -0.05) is 0 Å². The van der Waals surface area contributed by atoms with Crippen LogP contribution >= 0.6 is 0 Å². The van der Waals surface area contributed by atoms with E-state index in [1.165, 1.54) is 0 Å². The lowest BCUT2D eigenvalue weighted by molar-refractivity contribution is -0.154. The number of rotatable bonds is 3. The lowest BCUT2D eigenvalue weighted by atomic mass is 9.93. The van der Waals surface area contributed by atoms with E-state index in [1.54, 1.807) is 23.1 Å². The Hall–Kier alpha value is -1.36. The Bertz CT molecular complexity index is 303. The minimum absolute atomic E-state index is 0.0642. The maximum atomic E-state index is 10.6. The summed E-state index contributed by atoms with van der Waals surface area (Å²) in [4.78, 5) is 10.6. The van der Waals surface area contributed by atoms with Gasteiger partial charge in [-0.15, -0.1) is 0 Å². The standard InChI is InChI=1S/C8H10N2O3/c11-7(12)4-8(5-13-6-8)10-3-1-2-9-10/h1-3H,4-6H2,(H,11,12). The molecule has 0 aromatic carbocycles. The van der Waals surface area contributed by atoms with E-state index in [1.807, 2.05) is 0 Å². The second kappa shape index (κ2) is 2.85. The highest BCUT2D eigenvalue weighted by atomic mass is 16.5. The van der Waals surface area contributed by atoms with Crippen LogP contribution in [0.3, 0.4) is 0 Å². The van der Waals surface area contributed by atoms with Crippen molar-refractivity contribution in [2.75, 3.05) is 13.2 Å². The first-order valence-electron chi connectivity index (χ1n) is 4.03. The van der Waals surface area contributed by atoms with Gasteiger partial charge in [0.25, 0.3) is 0 Å². The third-order valence-corrected chi connectivity index (χ3v) is 2.21. The Kier molecular flexibility index (Phi) is 1.81. The monoisotopic (exact) mass is 182 g/mol. The lowest BCUT2D eigenvalue weighted by Gasteiger charge is -2.40. The smallest absolute Gasteiger partial charge is 0.306 e. The van der Waals surface area contributed by atoms with Crippen molar-refractivity contribution in [2.45, 2.75) is 12.0 Å². The van der Waals surface area contributed by atoms with Gasteiger partial charge in [0.15, 0.2) is 0 Å². The van der Waals surface area contributed by atoms with E-state index < -0.39 is 11.5 Å². The van der Waals surface area contributed by atoms with Crippen molar-refractivity contribution in [3.05, 3.63) is 18.5 Å². The van der Waals surface area contributed by atoms with Gasteiger partial charge in [0.1, 0.15) is 5.54 Å². The molecule has 1 fully saturated rings. The predicted octanol–water partition coefficient (Wildman–Crippen LogP) is 0.0833. The number of nitrogens with zero attached hydrogens (tertiary/aromatic N) is 2. The number of hydrogen-bond donors (Lipinski definition) is 1. The molecule has 0 saturated carbocycles. The molecule has 0 unspecified atom stereocenters. The molecule has 1 aliphatic rings. The normalized spacial score (nSPS) is 19.4. The fourth-order valence-electron chi connectivity index (χ4n) is 1.48. The fourth-order valence-corrected chi connectivity index (χ4v) is 1.48. The molecule has 0 radical (unpaired) electrons. The summed E-state index contributed by atoms with van der Waals surface area (Å²) in [6, 6.07) is 1.78. The van der Waals surface area contributed by atoms with Crippen LogP contribution in [-0.2, 0) is 15.1 Å². The second-order valence-electron chi connectivity index (χ2n) is 3.24. The van der Waals surface area contributed by atoms with Crippen LogP contribution in [0.4, 0.5) is 0 Å². The van der Waals surface area contributed by atoms with Crippen molar-refractivity contribution in [3.8, 4) is 0 Å². The molecule has 1 aliphatic heterocycles. The van der Waals surface area contributed by atoms with E-state index in [0.29, 0.717) is 13.2 Å². The summed E-state index contributed by atoms with van der Waals surface area (Å²) < 4.78 is 6.71. The minimum atomic E-state index is -0.821. The van der Waals surface area contributed by atoms with E-state index in [9.17, 15) is 4.79 Å². The Labute approximate surface area is 74.9 Å². The van der Waals surface area contributed by atoms with Crippen molar-refractivity contribution in [1.29, 1.82) is 0 Å². The number of aromatic nitrogens is 2. The van der Waals surface area contributed by atoms with E-state index >= 15 is 0 Å². The topological polar surface area (TPSA) is 64.3 Å². The highest BCUT2D eigenvalue weighted by Crippen LogP contribution is 2.28. The summed E-state index contributed by atoms with van der Waals surface area (Å²) in [5, 5.41) is 12.8. The van der Waals surface area contributed by atoms with Gasteiger partial charge in [0, 0.05) is 12.4 Å². The van der Waals surface area contributed by atoms with Crippen molar-refractivity contribution >= 4 is 5.97 Å². The molecule has 13 heavy (non-hydrogen) atoms. The van der Waals surface area contributed by atoms with Gasteiger partial charge < -0.3 is 9.84 Å². The molecule has 1 aromatic rings. The molecule has 70 valence electrons. The molecule has 0 atom stereocenters. The summed E-state index contributed by atoms with van der Waals surface area (Å²) in [7, 11) is 0. The van der Waals surface area contributed by atoms with Crippen LogP contribution in [0.2, 0.25) is 0 Å². The highest BCUT2D eigenvalue weighted by Gasteiger charge is 2.43. The minimum Gasteiger partial charge on any atom is -0.481 e. The average molecular weight is 182 g/mol. The van der Waals surface area contributed by atoms with Gasteiger partial charge in [-0.25, -0.2) is 0 Å². The Morgan fingerprint density at radius 1 is 1.69 bits per heavy atom. The van der Waals surface area contributed by atoms with Gasteiger partial charge in [0.2, 0.25) is 0 Å². The molecular weight excluding hydrogens is 172 g/mol. The first-order valence-corrected chi connectivity index (χ1v) is 4.03. The summed E-state index contributed by atoms with van der Waals surface area (Å²) >= 11 is 0. The highest BCUT2D eigenvalue weighted by molar-refractivity contribution is 5.68. The average Bonchev–Trinajstić information content (AvgIpc) is 2.48. The van der Waals surface area contributed by atoms with Crippen LogP contribution < -0.4 is 0 Å². The molecule has 0 spiro atoms. The number of carbonyl (C=O) groups is 1. The zero-order chi connectivity index (χ0) is 9.31. The molecule has 2 rings (SSSR count). The summed E-state index contributed by atoms with van der Waals surface area (Å²) in [5.74, 6) is -0.821. The van der Waals surface area contributed by atoms with Crippen molar-refractivity contribution < 1.29 is 14.6 Å². The van der Waals surface area contributed by atoms with Crippen molar-refractivity contribution in [3.63, 3.8) is 0 Å². The molecule has 0 bridgehead atoms. The quantitative estimate of drug-likeness (QED) is 0.719. The molecule has 0 amide bonds. The largest absolute Gasteiger partial charge is 0.481 e. The molecule has 1 N–H and O–H groups in total. The maximum Gasteiger partial charge on any atom is 0.306 e. The van der Waals surface area contributed by atoms with Gasteiger partial charge in [0.05, 0.1) is 19.6 Å². The Morgan fingerprint density at radius 2 is 2.46 bits per heavy atom. The molecule has 5 nitrogen and oxygen atoms in total. The molecule has 1 saturated heterocycles. The van der Waals surface area contributed by atoms with E-state index in [0.717, 1.165) is 0 Å². The molecule has 1 aromatic heterocycles. The van der Waals surface area contributed by atoms with Crippen LogP contribution in [0.5, 0.6) is 0 Å². The molecule has 2 heterocycles. The zero-order valence-electron chi connectivity index (χ0n) is 7.01.